The fourth-order valence-electron chi connectivity index (χ4n) is 1.96. The number of nitrogens with one attached hydrogen (secondary N) is 1. The Bertz CT molecular complexity index is 513. The number of aliphatic hydroxyl groups is 1. The molecule has 1 atom stereocenters. The Morgan fingerprint density at radius 1 is 1.22 bits per heavy atom. The topological polar surface area (TPSA) is 45.1 Å². The standard InChI is InChI=1S/C15H18N2O/c1-12-4-3-5-14(10-12)17-15(2,11-18)13-6-8-16-9-7-13/h3-10,17-18H,11H2,1-2H3. The van der Waals surface area contributed by atoms with Gasteiger partial charge in [0, 0.05) is 18.1 Å². The highest BCUT2D eigenvalue weighted by Crippen LogP contribution is 2.25. The summed E-state index contributed by atoms with van der Waals surface area (Å²) in [7, 11) is 0. The molecule has 18 heavy (non-hydrogen) atoms. The number of pyridine rings is 1. The molecule has 0 saturated carbocycles. The molecule has 2 aromatic rings. The lowest BCUT2D eigenvalue weighted by Gasteiger charge is -2.30. The molecule has 0 aliphatic heterocycles. The first kappa shape index (κ1) is 12.6. The van der Waals surface area contributed by atoms with Crippen molar-refractivity contribution >= 4 is 5.69 Å². The van der Waals surface area contributed by atoms with Gasteiger partial charge in [0.2, 0.25) is 0 Å². The van der Waals surface area contributed by atoms with E-state index in [-0.39, 0.29) is 6.61 Å². The van der Waals surface area contributed by atoms with Crippen molar-refractivity contribution in [1.29, 1.82) is 0 Å². The van der Waals surface area contributed by atoms with E-state index in [1.54, 1.807) is 12.4 Å². The maximum absolute atomic E-state index is 9.69. The summed E-state index contributed by atoms with van der Waals surface area (Å²) in [6.07, 6.45) is 3.47. The third kappa shape index (κ3) is 2.68. The molecule has 0 saturated heterocycles. The molecule has 2 N–H and O–H groups in total. The Morgan fingerprint density at radius 2 is 1.94 bits per heavy atom. The van der Waals surface area contributed by atoms with Crippen molar-refractivity contribution in [2.45, 2.75) is 19.4 Å². The van der Waals surface area contributed by atoms with Crippen molar-refractivity contribution in [3.63, 3.8) is 0 Å². The third-order valence-electron chi connectivity index (χ3n) is 3.07. The van der Waals surface area contributed by atoms with Crippen LogP contribution in [0.15, 0.2) is 48.8 Å². The minimum Gasteiger partial charge on any atom is -0.394 e. The van der Waals surface area contributed by atoms with E-state index in [1.165, 1.54) is 5.56 Å². The number of hydrogen-bond donors (Lipinski definition) is 2. The zero-order valence-electron chi connectivity index (χ0n) is 10.7. The molecule has 0 radical (unpaired) electrons. The lowest BCUT2D eigenvalue weighted by atomic mass is 9.93. The number of aryl methyl sites for hydroxylation is 1. The maximum Gasteiger partial charge on any atom is 0.0829 e. The van der Waals surface area contributed by atoms with E-state index in [4.69, 9.17) is 0 Å². The van der Waals surface area contributed by atoms with Crippen LogP contribution in [0.2, 0.25) is 0 Å². The Hall–Kier alpha value is -1.87. The molecule has 0 amide bonds. The van der Waals surface area contributed by atoms with Gasteiger partial charge in [0.25, 0.3) is 0 Å². The van der Waals surface area contributed by atoms with E-state index < -0.39 is 5.54 Å². The molecule has 3 heteroatoms. The van der Waals surface area contributed by atoms with Crippen LogP contribution in [0.4, 0.5) is 5.69 Å². The number of aromatic nitrogens is 1. The van der Waals surface area contributed by atoms with Crippen molar-refractivity contribution in [1.82, 2.24) is 4.98 Å². The summed E-state index contributed by atoms with van der Waals surface area (Å²) >= 11 is 0. The SMILES string of the molecule is Cc1cccc(NC(C)(CO)c2ccncc2)c1. The number of hydrogen-bond acceptors (Lipinski definition) is 3. The predicted octanol–water partition coefficient (Wildman–Crippen LogP) is 2.71. The highest BCUT2D eigenvalue weighted by molar-refractivity contribution is 5.49. The molecule has 2 rings (SSSR count). The van der Waals surface area contributed by atoms with Crippen molar-refractivity contribution in [2.75, 3.05) is 11.9 Å². The van der Waals surface area contributed by atoms with Crippen LogP contribution in [0.1, 0.15) is 18.1 Å². The predicted molar refractivity (Wildman–Crippen MR) is 73.5 cm³/mol. The van der Waals surface area contributed by atoms with Crippen LogP contribution >= 0.6 is 0 Å². The molecule has 94 valence electrons. The van der Waals surface area contributed by atoms with Crippen molar-refractivity contribution in [3.8, 4) is 0 Å². The van der Waals surface area contributed by atoms with Crippen LogP contribution in [0, 0.1) is 6.92 Å². The van der Waals surface area contributed by atoms with Gasteiger partial charge in [0.05, 0.1) is 12.1 Å². The first-order chi connectivity index (χ1) is 8.64. The largest absolute Gasteiger partial charge is 0.394 e. The van der Waals surface area contributed by atoms with E-state index in [2.05, 4.69) is 16.4 Å². The lowest BCUT2D eigenvalue weighted by Crippen LogP contribution is -2.35. The summed E-state index contributed by atoms with van der Waals surface area (Å²) in [5.74, 6) is 0. The van der Waals surface area contributed by atoms with E-state index in [1.807, 2.05) is 44.2 Å². The maximum atomic E-state index is 9.69. The molecule has 1 aromatic heterocycles. The van der Waals surface area contributed by atoms with E-state index in [0.717, 1.165) is 11.3 Å². The van der Waals surface area contributed by atoms with Gasteiger partial charge in [0.15, 0.2) is 0 Å². The fourth-order valence-corrected chi connectivity index (χ4v) is 1.96. The van der Waals surface area contributed by atoms with Gasteiger partial charge in [-0.2, -0.15) is 0 Å². The summed E-state index contributed by atoms with van der Waals surface area (Å²) in [6, 6.07) is 11.9. The highest BCUT2D eigenvalue weighted by atomic mass is 16.3. The molecular weight excluding hydrogens is 224 g/mol. The zero-order valence-corrected chi connectivity index (χ0v) is 10.7. The van der Waals surface area contributed by atoms with Crippen molar-refractivity contribution < 1.29 is 5.11 Å². The number of benzene rings is 1. The second-order valence-electron chi connectivity index (χ2n) is 4.72. The zero-order chi connectivity index (χ0) is 13.0. The van der Waals surface area contributed by atoms with Crippen LogP contribution in [0.5, 0.6) is 0 Å². The lowest BCUT2D eigenvalue weighted by molar-refractivity contribution is 0.224. The average molecular weight is 242 g/mol. The number of rotatable bonds is 4. The van der Waals surface area contributed by atoms with Gasteiger partial charge in [-0.05, 0) is 49.2 Å². The fraction of sp³-hybridized carbons (Fsp3) is 0.267. The molecule has 1 heterocycles. The minimum absolute atomic E-state index is 0.0188. The van der Waals surface area contributed by atoms with Gasteiger partial charge in [-0.25, -0.2) is 0 Å². The summed E-state index contributed by atoms with van der Waals surface area (Å²) in [5.41, 5.74) is 2.70. The summed E-state index contributed by atoms with van der Waals surface area (Å²) in [6.45, 7) is 4.05. The Labute approximate surface area is 108 Å². The third-order valence-corrected chi connectivity index (χ3v) is 3.07. The molecule has 1 unspecified atom stereocenters. The monoisotopic (exact) mass is 242 g/mol. The van der Waals surface area contributed by atoms with E-state index in [9.17, 15) is 5.11 Å². The second kappa shape index (κ2) is 5.19. The van der Waals surface area contributed by atoms with Gasteiger partial charge >= 0.3 is 0 Å². The summed E-state index contributed by atoms with van der Waals surface area (Å²) in [5, 5.41) is 13.1. The molecule has 0 aliphatic rings. The van der Waals surface area contributed by atoms with Crippen molar-refractivity contribution in [2.24, 2.45) is 0 Å². The second-order valence-corrected chi connectivity index (χ2v) is 4.72. The Morgan fingerprint density at radius 3 is 2.56 bits per heavy atom. The normalized spacial score (nSPS) is 13.9. The first-order valence-corrected chi connectivity index (χ1v) is 6.00. The molecule has 0 aliphatic carbocycles. The van der Waals surface area contributed by atoms with Crippen molar-refractivity contribution in [3.05, 3.63) is 59.9 Å². The smallest absolute Gasteiger partial charge is 0.0829 e. The molecule has 0 spiro atoms. The Kier molecular flexibility index (Phi) is 3.63. The highest BCUT2D eigenvalue weighted by Gasteiger charge is 2.25. The molecule has 0 bridgehead atoms. The molecular formula is C15H18N2O. The molecule has 3 nitrogen and oxygen atoms in total. The molecule has 0 fully saturated rings. The van der Waals surface area contributed by atoms with E-state index >= 15 is 0 Å². The van der Waals surface area contributed by atoms with Crippen LogP contribution in [0.3, 0.4) is 0 Å². The first-order valence-electron chi connectivity index (χ1n) is 6.00. The van der Waals surface area contributed by atoms with Gasteiger partial charge in [-0.3, -0.25) is 4.98 Å². The number of nitrogens with zero attached hydrogens (tertiary/aromatic N) is 1. The van der Waals surface area contributed by atoms with Crippen LogP contribution < -0.4 is 5.32 Å². The minimum atomic E-state index is -0.503. The quantitative estimate of drug-likeness (QED) is 0.866. The average Bonchev–Trinajstić information content (AvgIpc) is 2.39. The summed E-state index contributed by atoms with van der Waals surface area (Å²) < 4.78 is 0. The number of anilines is 1. The van der Waals surface area contributed by atoms with Crippen LogP contribution in [-0.2, 0) is 5.54 Å². The molecule has 1 aromatic carbocycles. The number of aliphatic hydroxyl groups excluding tert-OH is 1. The van der Waals surface area contributed by atoms with Gasteiger partial charge in [-0.1, -0.05) is 12.1 Å². The van der Waals surface area contributed by atoms with E-state index in [0.29, 0.717) is 0 Å². The van der Waals surface area contributed by atoms with Crippen LogP contribution in [-0.4, -0.2) is 16.7 Å². The van der Waals surface area contributed by atoms with Gasteiger partial charge in [0.1, 0.15) is 0 Å². The van der Waals surface area contributed by atoms with Crippen LogP contribution in [0.25, 0.3) is 0 Å². The summed E-state index contributed by atoms with van der Waals surface area (Å²) in [4.78, 5) is 4.00. The van der Waals surface area contributed by atoms with Gasteiger partial charge in [-0.15, -0.1) is 0 Å². The Balaban J connectivity index is 2.29. The van der Waals surface area contributed by atoms with Gasteiger partial charge < -0.3 is 10.4 Å².